The number of pyridine rings is 1. The number of fused-ring (bicyclic) bond motifs is 1. The second kappa shape index (κ2) is 16.2. The highest BCUT2D eigenvalue weighted by Crippen LogP contribution is 2.45. The van der Waals surface area contributed by atoms with E-state index in [2.05, 4.69) is 16.6 Å². The van der Waals surface area contributed by atoms with Crippen molar-refractivity contribution < 1.29 is 37.1 Å². The first-order valence-electron chi connectivity index (χ1n) is 19.4. The van der Waals surface area contributed by atoms with E-state index in [0.717, 1.165) is 24.8 Å². The Balaban J connectivity index is 1.35. The molecule has 3 aliphatic rings. The molecule has 4 amide bonds. The number of amides is 4. The van der Waals surface area contributed by atoms with E-state index in [1.165, 1.54) is 17.9 Å². The largest absolute Gasteiger partial charge is 0.497 e. The highest BCUT2D eigenvalue weighted by atomic mass is 32.2. The number of likely N-dealkylation sites (tertiary alicyclic amines) is 2. The summed E-state index contributed by atoms with van der Waals surface area (Å²) in [5, 5.41) is 3.54. The maximum atomic E-state index is 14.8. The Bertz CT molecular complexity index is 2100. The zero-order valence-corrected chi connectivity index (χ0v) is 33.7. The maximum absolute atomic E-state index is 14.8. The summed E-state index contributed by atoms with van der Waals surface area (Å²) in [5.41, 5.74) is -0.0430. The van der Waals surface area contributed by atoms with E-state index in [9.17, 15) is 27.6 Å². The van der Waals surface area contributed by atoms with Gasteiger partial charge in [-0.1, -0.05) is 57.2 Å². The molecule has 14 heteroatoms. The molecule has 300 valence electrons. The lowest BCUT2D eigenvalue weighted by atomic mass is 9.77. The molecule has 5 atom stereocenters. The van der Waals surface area contributed by atoms with Gasteiger partial charge in [0.1, 0.15) is 29.2 Å². The van der Waals surface area contributed by atoms with Gasteiger partial charge in [-0.15, -0.1) is 6.58 Å². The van der Waals surface area contributed by atoms with E-state index in [-0.39, 0.29) is 43.4 Å². The standard InChI is InChI=1S/C42H53N5O8S/c1-7-28-25-42(28,40(51)45-56(52,53)8-2)44-38(49)35-22-30(26-47(35)39(50)32(41(3,4)5)23-37(48)46-19-13-10-14-20-46)55-36-24-33(27-15-11-9-12-16-27)43-34-21-29(54-6)17-18-31(34)36/h7,9,11-12,15-18,21,24,28,30,32,35H,1,8,10,13-14,19-20,22-23,25-26H2,2-6H3,(H,44,49)(H,45,51)/t28-,30-,32?,35+,42-/m1/s1. The van der Waals surface area contributed by atoms with Gasteiger partial charge in [-0.3, -0.25) is 23.9 Å². The number of hydrogen-bond acceptors (Lipinski definition) is 9. The Morgan fingerprint density at radius 2 is 1.77 bits per heavy atom. The summed E-state index contributed by atoms with van der Waals surface area (Å²) in [6.45, 7) is 12.2. The van der Waals surface area contributed by atoms with Crippen molar-refractivity contribution in [3.8, 4) is 22.8 Å². The van der Waals surface area contributed by atoms with Crippen LogP contribution in [0.3, 0.4) is 0 Å². The SMILES string of the molecule is C=C[C@@H]1C[C@]1(NC(=O)[C@@H]1C[C@@H](Oc2cc(-c3ccccc3)nc3cc(OC)ccc23)CN1C(=O)C(CC(=O)N1CCCCC1)C(C)(C)C)C(=O)NS(=O)(=O)CC. The fourth-order valence-electron chi connectivity index (χ4n) is 7.76. The summed E-state index contributed by atoms with van der Waals surface area (Å²) in [4.78, 5) is 64.6. The number of nitrogens with one attached hydrogen (secondary N) is 2. The van der Waals surface area contributed by atoms with Gasteiger partial charge in [0.15, 0.2) is 0 Å². The first-order valence-corrected chi connectivity index (χ1v) is 21.0. The van der Waals surface area contributed by atoms with Crippen LogP contribution in [0.25, 0.3) is 22.2 Å². The number of ether oxygens (including phenoxy) is 2. The van der Waals surface area contributed by atoms with Gasteiger partial charge in [0, 0.05) is 54.9 Å². The van der Waals surface area contributed by atoms with Gasteiger partial charge in [0.05, 0.1) is 36.5 Å². The van der Waals surface area contributed by atoms with Crippen LogP contribution in [-0.4, -0.2) is 97.0 Å². The molecule has 6 rings (SSSR count). The Hall–Kier alpha value is -4.98. The first-order chi connectivity index (χ1) is 26.6. The van der Waals surface area contributed by atoms with Gasteiger partial charge < -0.3 is 24.6 Å². The van der Waals surface area contributed by atoms with E-state index >= 15 is 0 Å². The number of methoxy groups -OCH3 is 1. The Morgan fingerprint density at radius 1 is 1.05 bits per heavy atom. The van der Waals surface area contributed by atoms with Crippen molar-refractivity contribution in [2.24, 2.45) is 17.3 Å². The second-order valence-corrected chi connectivity index (χ2v) is 18.2. The fourth-order valence-corrected chi connectivity index (χ4v) is 8.37. The monoisotopic (exact) mass is 787 g/mol. The molecule has 2 N–H and O–H groups in total. The summed E-state index contributed by atoms with van der Waals surface area (Å²) < 4.78 is 39.1. The highest BCUT2D eigenvalue weighted by molar-refractivity contribution is 7.90. The van der Waals surface area contributed by atoms with Crippen molar-refractivity contribution >= 4 is 44.6 Å². The molecule has 0 radical (unpaired) electrons. The maximum Gasteiger partial charge on any atom is 0.259 e. The molecule has 56 heavy (non-hydrogen) atoms. The summed E-state index contributed by atoms with van der Waals surface area (Å²) in [6.07, 6.45) is 3.92. The lowest BCUT2D eigenvalue weighted by Gasteiger charge is -2.36. The summed E-state index contributed by atoms with van der Waals surface area (Å²) in [7, 11) is -2.35. The third-order valence-corrected chi connectivity index (χ3v) is 12.6. The van der Waals surface area contributed by atoms with Gasteiger partial charge in [0.25, 0.3) is 5.91 Å². The number of aromatic nitrogens is 1. The number of piperidine rings is 1. The number of carbonyl (C=O) groups is 4. The lowest BCUT2D eigenvalue weighted by molar-refractivity contribution is -0.148. The topological polar surface area (TPSA) is 164 Å². The van der Waals surface area contributed by atoms with E-state index in [1.807, 2.05) is 80.3 Å². The third-order valence-electron chi connectivity index (χ3n) is 11.3. The van der Waals surface area contributed by atoms with Crippen LogP contribution in [0.4, 0.5) is 0 Å². The zero-order valence-electron chi connectivity index (χ0n) is 32.9. The molecule has 1 aromatic heterocycles. The molecule has 0 spiro atoms. The molecule has 1 unspecified atom stereocenters. The number of rotatable bonds is 13. The van der Waals surface area contributed by atoms with Crippen LogP contribution < -0.4 is 19.5 Å². The minimum absolute atomic E-state index is 0.0181. The number of carbonyl (C=O) groups excluding carboxylic acids is 4. The predicted octanol–water partition coefficient (Wildman–Crippen LogP) is 4.85. The van der Waals surface area contributed by atoms with Crippen molar-refractivity contribution in [2.75, 3.05) is 32.5 Å². The minimum Gasteiger partial charge on any atom is -0.497 e. The molecule has 1 aliphatic carbocycles. The van der Waals surface area contributed by atoms with Crippen LogP contribution >= 0.6 is 0 Å². The van der Waals surface area contributed by atoms with Crippen LogP contribution in [0, 0.1) is 17.3 Å². The van der Waals surface area contributed by atoms with Gasteiger partial charge in [-0.05, 0) is 50.2 Å². The molecule has 2 saturated heterocycles. The van der Waals surface area contributed by atoms with Gasteiger partial charge in [0.2, 0.25) is 27.7 Å². The number of nitrogens with zero attached hydrogens (tertiary/aromatic N) is 3. The predicted molar refractivity (Wildman–Crippen MR) is 213 cm³/mol. The molecule has 3 heterocycles. The van der Waals surface area contributed by atoms with Crippen LogP contribution in [0.2, 0.25) is 0 Å². The lowest BCUT2D eigenvalue weighted by Crippen LogP contribution is -2.57. The van der Waals surface area contributed by atoms with E-state index < -0.39 is 56.8 Å². The summed E-state index contributed by atoms with van der Waals surface area (Å²) in [6, 6.07) is 15.9. The second-order valence-electron chi connectivity index (χ2n) is 16.1. The van der Waals surface area contributed by atoms with Gasteiger partial charge >= 0.3 is 0 Å². The average Bonchev–Trinajstić information content (AvgIpc) is 3.75. The number of hydrogen-bond donors (Lipinski definition) is 2. The summed E-state index contributed by atoms with van der Waals surface area (Å²) in [5.74, 6) is -2.43. The fraction of sp³-hybridized carbons (Fsp3) is 0.500. The summed E-state index contributed by atoms with van der Waals surface area (Å²) >= 11 is 0. The Labute approximate surface area is 329 Å². The van der Waals surface area contributed by atoms with Crippen LogP contribution in [0.15, 0.2) is 67.3 Å². The molecule has 3 fully saturated rings. The molecule has 0 bridgehead atoms. The highest BCUT2D eigenvalue weighted by Gasteiger charge is 2.61. The van der Waals surface area contributed by atoms with Crippen molar-refractivity contribution in [3.63, 3.8) is 0 Å². The quantitative estimate of drug-likeness (QED) is 0.231. The molecule has 13 nitrogen and oxygen atoms in total. The molecular weight excluding hydrogens is 735 g/mol. The van der Waals surface area contributed by atoms with E-state index in [0.29, 0.717) is 41.2 Å². The molecule has 3 aromatic rings. The van der Waals surface area contributed by atoms with Crippen molar-refractivity contribution in [1.82, 2.24) is 24.8 Å². The average molecular weight is 788 g/mol. The van der Waals surface area contributed by atoms with E-state index in [1.54, 1.807) is 7.11 Å². The molecular formula is C42H53N5O8S. The smallest absolute Gasteiger partial charge is 0.259 e. The first kappa shape index (κ1) is 40.7. The number of sulfonamides is 1. The van der Waals surface area contributed by atoms with Crippen LogP contribution in [-0.2, 0) is 29.2 Å². The molecule has 2 aromatic carbocycles. The van der Waals surface area contributed by atoms with Crippen molar-refractivity contribution in [1.29, 1.82) is 0 Å². The third kappa shape index (κ3) is 8.69. The normalized spacial score (nSPS) is 22.9. The van der Waals surface area contributed by atoms with Crippen molar-refractivity contribution in [3.05, 3.63) is 67.3 Å². The Morgan fingerprint density at radius 3 is 2.39 bits per heavy atom. The van der Waals surface area contributed by atoms with Crippen LogP contribution in [0.1, 0.15) is 66.2 Å². The Kier molecular flexibility index (Phi) is 11.8. The van der Waals surface area contributed by atoms with Gasteiger partial charge in [-0.2, -0.15) is 0 Å². The molecule has 1 saturated carbocycles. The van der Waals surface area contributed by atoms with Crippen LogP contribution in [0.5, 0.6) is 11.5 Å². The number of benzene rings is 2. The van der Waals surface area contributed by atoms with Gasteiger partial charge in [-0.25, -0.2) is 13.4 Å². The molecule has 2 aliphatic heterocycles. The van der Waals surface area contributed by atoms with Crippen molar-refractivity contribution in [2.45, 2.75) is 83.9 Å². The minimum atomic E-state index is -3.93. The zero-order chi connectivity index (χ0) is 40.4. The van der Waals surface area contributed by atoms with E-state index in [4.69, 9.17) is 14.5 Å².